The number of hydrogen-bond donors (Lipinski definition) is 1. The average Bonchev–Trinajstić information content (AvgIpc) is 2.85. The molecule has 3 nitrogen and oxygen atoms in total. The van der Waals surface area contributed by atoms with E-state index in [0.717, 1.165) is 31.5 Å². The standard InChI is InChI=1S/C13H15F3N2OS/c1-20-9-5-4-8(7-9)18-12(19)10-3-2-6-17-11(10)13(14,15)16/h2-3,6,8-9H,4-5,7H2,1H3,(H,18,19)/t8-,9+/m1/s1. The summed E-state index contributed by atoms with van der Waals surface area (Å²) < 4.78 is 38.4. The molecule has 1 fully saturated rings. The van der Waals surface area contributed by atoms with Gasteiger partial charge in [-0.1, -0.05) is 0 Å². The van der Waals surface area contributed by atoms with E-state index in [2.05, 4.69) is 10.3 Å². The Morgan fingerprint density at radius 1 is 1.45 bits per heavy atom. The van der Waals surface area contributed by atoms with Crippen LogP contribution in [0.1, 0.15) is 35.3 Å². The number of pyridine rings is 1. The maximum atomic E-state index is 12.8. The van der Waals surface area contributed by atoms with Gasteiger partial charge in [0.15, 0.2) is 5.69 Å². The predicted molar refractivity (Wildman–Crippen MR) is 71.6 cm³/mol. The molecule has 1 aliphatic rings. The predicted octanol–water partition coefficient (Wildman–Crippen LogP) is 3.11. The molecule has 2 atom stereocenters. The molecule has 0 saturated heterocycles. The Kier molecular flexibility index (Phi) is 4.57. The Labute approximate surface area is 119 Å². The van der Waals surface area contributed by atoms with Gasteiger partial charge >= 0.3 is 6.18 Å². The number of amides is 1. The molecule has 1 heterocycles. The molecule has 1 aromatic heterocycles. The highest BCUT2D eigenvalue weighted by molar-refractivity contribution is 7.99. The molecule has 0 aliphatic heterocycles. The molecule has 0 unspecified atom stereocenters. The number of nitrogens with zero attached hydrogens (tertiary/aromatic N) is 1. The van der Waals surface area contributed by atoms with Crippen molar-refractivity contribution in [3.63, 3.8) is 0 Å². The zero-order chi connectivity index (χ0) is 14.8. The molecule has 0 bridgehead atoms. The number of halogens is 3. The van der Waals surface area contributed by atoms with E-state index in [1.54, 1.807) is 11.8 Å². The van der Waals surface area contributed by atoms with Crippen LogP contribution < -0.4 is 5.32 Å². The second-order valence-electron chi connectivity index (χ2n) is 4.74. The van der Waals surface area contributed by atoms with Crippen LogP contribution in [-0.2, 0) is 6.18 Å². The highest BCUT2D eigenvalue weighted by atomic mass is 32.2. The largest absolute Gasteiger partial charge is 0.434 e. The van der Waals surface area contributed by atoms with Gasteiger partial charge in [0.25, 0.3) is 5.91 Å². The summed E-state index contributed by atoms with van der Waals surface area (Å²) in [4.78, 5) is 15.3. The minimum atomic E-state index is -4.62. The Morgan fingerprint density at radius 3 is 2.80 bits per heavy atom. The number of thioether (sulfide) groups is 1. The Hall–Kier alpha value is -1.24. The summed E-state index contributed by atoms with van der Waals surface area (Å²) in [6, 6.07) is 2.44. The second kappa shape index (κ2) is 6.03. The smallest absolute Gasteiger partial charge is 0.349 e. The lowest BCUT2D eigenvalue weighted by atomic mass is 10.1. The third kappa shape index (κ3) is 3.45. The van der Waals surface area contributed by atoms with E-state index in [4.69, 9.17) is 0 Å². The summed E-state index contributed by atoms with van der Waals surface area (Å²) in [5.41, 5.74) is -1.54. The number of carbonyl (C=O) groups excluding carboxylic acids is 1. The van der Waals surface area contributed by atoms with Crippen molar-refractivity contribution in [1.82, 2.24) is 10.3 Å². The van der Waals surface area contributed by atoms with Crippen LogP contribution in [0.5, 0.6) is 0 Å². The van der Waals surface area contributed by atoms with Crippen LogP contribution >= 0.6 is 11.8 Å². The van der Waals surface area contributed by atoms with Crippen LogP contribution in [0.25, 0.3) is 0 Å². The normalized spacial score (nSPS) is 22.8. The molecule has 1 N–H and O–H groups in total. The van der Waals surface area contributed by atoms with E-state index in [9.17, 15) is 18.0 Å². The summed E-state index contributed by atoms with van der Waals surface area (Å²) >= 11 is 1.72. The van der Waals surface area contributed by atoms with Crippen molar-refractivity contribution < 1.29 is 18.0 Å². The number of carbonyl (C=O) groups is 1. The molecule has 1 amide bonds. The van der Waals surface area contributed by atoms with E-state index in [1.807, 2.05) is 6.26 Å². The van der Waals surface area contributed by atoms with Crippen molar-refractivity contribution in [2.45, 2.75) is 36.7 Å². The quantitative estimate of drug-likeness (QED) is 0.933. The first kappa shape index (κ1) is 15.2. The molecule has 2 rings (SSSR count). The van der Waals surface area contributed by atoms with Crippen LogP contribution in [0.2, 0.25) is 0 Å². The van der Waals surface area contributed by atoms with Crippen molar-refractivity contribution >= 4 is 17.7 Å². The molecule has 0 spiro atoms. The third-order valence-electron chi connectivity index (χ3n) is 3.37. The maximum absolute atomic E-state index is 12.8. The van der Waals surface area contributed by atoms with Crippen LogP contribution in [0.4, 0.5) is 13.2 Å². The second-order valence-corrected chi connectivity index (χ2v) is 5.88. The molecular formula is C13H15F3N2OS. The number of rotatable bonds is 3. The van der Waals surface area contributed by atoms with Gasteiger partial charge < -0.3 is 5.32 Å². The van der Waals surface area contributed by atoms with Crippen LogP contribution in [-0.4, -0.2) is 28.4 Å². The molecule has 20 heavy (non-hydrogen) atoms. The van der Waals surface area contributed by atoms with E-state index in [0.29, 0.717) is 5.25 Å². The Bertz CT molecular complexity index is 493. The fraction of sp³-hybridized carbons (Fsp3) is 0.538. The van der Waals surface area contributed by atoms with Crippen LogP contribution in [0, 0.1) is 0 Å². The minimum absolute atomic E-state index is 0.0544. The summed E-state index contributed by atoms with van der Waals surface area (Å²) in [6.07, 6.45) is 1.00. The summed E-state index contributed by atoms with van der Waals surface area (Å²) in [5, 5.41) is 3.15. The van der Waals surface area contributed by atoms with Gasteiger partial charge in [-0.05, 0) is 37.7 Å². The van der Waals surface area contributed by atoms with Gasteiger partial charge in [0.1, 0.15) is 0 Å². The van der Waals surface area contributed by atoms with Gasteiger partial charge in [0.2, 0.25) is 0 Å². The van der Waals surface area contributed by atoms with Gasteiger partial charge in [0, 0.05) is 17.5 Å². The Morgan fingerprint density at radius 2 is 2.20 bits per heavy atom. The van der Waals surface area contributed by atoms with Gasteiger partial charge in [-0.3, -0.25) is 9.78 Å². The van der Waals surface area contributed by atoms with Crippen molar-refractivity contribution in [1.29, 1.82) is 0 Å². The molecule has 1 saturated carbocycles. The van der Waals surface area contributed by atoms with Crippen LogP contribution in [0.3, 0.4) is 0 Å². The molecular weight excluding hydrogens is 289 g/mol. The highest BCUT2D eigenvalue weighted by Gasteiger charge is 2.37. The maximum Gasteiger partial charge on any atom is 0.434 e. The van der Waals surface area contributed by atoms with Gasteiger partial charge in [-0.2, -0.15) is 24.9 Å². The number of hydrogen-bond acceptors (Lipinski definition) is 3. The van der Waals surface area contributed by atoms with Crippen molar-refractivity contribution in [3.8, 4) is 0 Å². The minimum Gasteiger partial charge on any atom is -0.349 e. The van der Waals surface area contributed by atoms with Gasteiger partial charge in [0.05, 0.1) is 5.56 Å². The Balaban J connectivity index is 2.10. The van der Waals surface area contributed by atoms with E-state index in [1.165, 1.54) is 6.07 Å². The SMILES string of the molecule is CS[C@H]1CC[C@@H](NC(=O)c2cccnc2C(F)(F)F)C1. The fourth-order valence-corrected chi connectivity index (χ4v) is 3.16. The fourth-order valence-electron chi connectivity index (χ4n) is 2.36. The van der Waals surface area contributed by atoms with Crippen molar-refractivity contribution in [2.75, 3.05) is 6.26 Å². The lowest BCUT2D eigenvalue weighted by molar-refractivity contribution is -0.141. The monoisotopic (exact) mass is 304 g/mol. The van der Waals surface area contributed by atoms with Gasteiger partial charge in [-0.15, -0.1) is 0 Å². The third-order valence-corrected chi connectivity index (χ3v) is 4.47. The summed E-state index contributed by atoms with van der Waals surface area (Å²) in [5.74, 6) is -0.697. The van der Waals surface area contributed by atoms with E-state index < -0.39 is 23.3 Å². The number of nitrogens with one attached hydrogen (secondary N) is 1. The lowest BCUT2D eigenvalue weighted by Gasteiger charge is -2.15. The topological polar surface area (TPSA) is 42.0 Å². The zero-order valence-electron chi connectivity index (χ0n) is 10.9. The first-order valence-electron chi connectivity index (χ1n) is 6.27. The van der Waals surface area contributed by atoms with E-state index in [-0.39, 0.29) is 6.04 Å². The number of aromatic nitrogens is 1. The number of alkyl halides is 3. The van der Waals surface area contributed by atoms with Gasteiger partial charge in [-0.25, -0.2) is 0 Å². The molecule has 7 heteroatoms. The molecule has 0 aromatic carbocycles. The van der Waals surface area contributed by atoms with E-state index >= 15 is 0 Å². The van der Waals surface area contributed by atoms with Crippen molar-refractivity contribution in [3.05, 3.63) is 29.6 Å². The molecule has 1 aliphatic carbocycles. The zero-order valence-corrected chi connectivity index (χ0v) is 11.7. The van der Waals surface area contributed by atoms with Crippen molar-refractivity contribution in [2.24, 2.45) is 0 Å². The first-order valence-corrected chi connectivity index (χ1v) is 7.56. The average molecular weight is 304 g/mol. The summed E-state index contributed by atoms with van der Waals surface area (Å²) in [7, 11) is 0. The lowest BCUT2D eigenvalue weighted by Crippen LogP contribution is -2.34. The first-order chi connectivity index (χ1) is 9.41. The molecule has 1 aromatic rings. The summed E-state index contributed by atoms with van der Waals surface area (Å²) in [6.45, 7) is 0. The van der Waals surface area contributed by atoms with Crippen LogP contribution in [0.15, 0.2) is 18.3 Å². The molecule has 0 radical (unpaired) electrons. The highest BCUT2D eigenvalue weighted by Crippen LogP contribution is 2.31. The molecule has 110 valence electrons.